The highest BCUT2D eigenvalue weighted by Gasteiger charge is 2.49. The van der Waals surface area contributed by atoms with Crippen molar-refractivity contribution in [1.29, 1.82) is 0 Å². The second kappa shape index (κ2) is 14.0. The molecule has 0 spiro atoms. The van der Waals surface area contributed by atoms with Crippen LogP contribution in [0.4, 0.5) is 30.7 Å². The molecule has 16 nitrogen and oxygen atoms in total. The van der Waals surface area contributed by atoms with Crippen molar-refractivity contribution < 1.29 is 52.5 Å². The van der Waals surface area contributed by atoms with Crippen LogP contribution in [0.3, 0.4) is 0 Å². The van der Waals surface area contributed by atoms with Crippen LogP contribution in [-0.4, -0.2) is 96.4 Å². The summed E-state index contributed by atoms with van der Waals surface area (Å²) in [7, 11) is 0. The van der Waals surface area contributed by atoms with Gasteiger partial charge in [-0.1, -0.05) is 19.9 Å². The smallest absolute Gasteiger partial charge is 0.419 e. The van der Waals surface area contributed by atoms with Gasteiger partial charge in [-0.25, -0.2) is 33.9 Å². The van der Waals surface area contributed by atoms with E-state index in [-0.39, 0.29) is 12.5 Å². The zero-order valence-corrected chi connectivity index (χ0v) is 28.1. The van der Waals surface area contributed by atoms with Crippen LogP contribution in [0.25, 0.3) is 11.1 Å². The molecule has 1 aromatic carbocycles. The molecule has 3 aliphatic heterocycles. The van der Waals surface area contributed by atoms with E-state index in [0.29, 0.717) is 31.1 Å². The Morgan fingerprint density at radius 3 is 2.41 bits per heavy atom. The summed E-state index contributed by atoms with van der Waals surface area (Å²) in [6.45, 7) is 9.18. The Morgan fingerprint density at radius 1 is 1.06 bits per heavy atom. The fraction of sp³-hybridized carbons (Fsp3) is 0.485. The molecule has 262 valence electrons. The van der Waals surface area contributed by atoms with E-state index in [1.165, 1.54) is 9.80 Å². The molecule has 1 N–H and O–H groups in total. The lowest BCUT2D eigenvalue weighted by Gasteiger charge is -2.25. The van der Waals surface area contributed by atoms with Crippen LogP contribution in [0.5, 0.6) is 0 Å². The second-order valence-corrected chi connectivity index (χ2v) is 13.1. The number of ether oxygens (including phenoxy) is 5. The van der Waals surface area contributed by atoms with Crippen molar-refractivity contribution in [3.8, 4) is 11.1 Å². The minimum atomic E-state index is -1.10. The van der Waals surface area contributed by atoms with Crippen molar-refractivity contribution in [2.75, 3.05) is 36.3 Å². The second-order valence-electron chi connectivity index (χ2n) is 13.1. The summed E-state index contributed by atoms with van der Waals surface area (Å²) in [4.78, 5) is 83.2. The number of pyridine rings is 1. The standard InChI is InChI=1S/C33H39N5O11/c1-18(2)27(35-29(41)49-33(4,5)6)28(40)46-17-47-31(43)37(19(3)39)16-25-24-14-22-13-20(7-9-23(22)38(24)32(44)48-25)21-8-10-26(34-15-21)36-11-12-45-30(36)42/h7-10,13,15,18,24-25,27H,11-12,14,16-17H2,1-6H3,(H,35,41)/t24-,25?,27+/m0/s1. The molecule has 3 aliphatic rings. The van der Waals surface area contributed by atoms with E-state index in [2.05, 4.69) is 10.3 Å². The van der Waals surface area contributed by atoms with E-state index in [4.69, 9.17) is 23.7 Å². The summed E-state index contributed by atoms with van der Waals surface area (Å²) in [5.41, 5.74) is 2.37. The van der Waals surface area contributed by atoms with Crippen molar-refractivity contribution >= 4 is 47.8 Å². The summed E-state index contributed by atoms with van der Waals surface area (Å²) in [6.07, 6.45) is -1.79. The van der Waals surface area contributed by atoms with E-state index in [9.17, 15) is 28.8 Å². The number of carbonyl (C=O) groups excluding carboxylic acids is 6. The van der Waals surface area contributed by atoms with Gasteiger partial charge in [-0.15, -0.1) is 0 Å². The van der Waals surface area contributed by atoms with E-state index in [0.717, 1.165) is 28.5 Å². The van der Waals surface area contributed by atoms with Crippen LogP contribution in [0.15, 0.2) is 36.5 Å². The summed E-state index contributed by atoms with van der Waals surface area (Å²) in [6, 6.07) is 7.57. The maximum Gasteiger partial charge on any atom is 0.419 e. The number of hydrogen-bond acceptors (Lipinski definition) is 12. The topological polar surface area (TPSA) is 183 Å². The lowest BCUT2D eigenvalue weighted by molar-refractivity contribution is -0.156. The Morgan fingerprint density at radius 2 is 1.80 bits per heavy atom. The molecule has 0 radical (unpaired) electrons. The number of hydrogen-bond donors (Lipinski definition) is 1. The van der Waals surface area contributed by atoms with Gasteiger partial charge in [0.2, 0.25) is 12.7 Å². The highest BCUT2D eigenvalue weighted by Crippen LogP contribution is 2.41. The fourth-order valence-electron chi connectivity index (χ4n) is 5.68. The van der Waals surface area contributed by atoms with Crippen molar-refractivity contribution in [2.24, 2.45) is 5.92 Å². The van der Waals surface area contributed by atoms with Crippen LogP contribution in [0.1, 0.15) is 47.1 Å². The number of cyclic esters (lactones) is 2. The maximum absolute atomic E-state index is 12.9. The molecule has 0 bridgehead atoms. The first-order valence-electron chi connectivity index (χ1n) is 15.8. The number of anilines is 2. The first-order chi connectivity index (χ1) is 23.1. The third kappa shape index (κ3) is 7.84. The predicted molar refractivity (Wildman–Crippen MR) is 171 cm³/mol. The Bertz CT molecular complexity index is 1640. The number of alkyl carbamates (subject to hydrolysis) is 1. The van der Waals surface area contributed by atoms with Crippen LogP contribution in [0, 0.1) is 5.92 Å². The van der Waals surface area contributed by atoms with Crippen molar-refractivity contribution in [1.82, 2.24) is 15.2 Å². The Hall–Kier alpha value is -5.41. The normalized spacial score (nSPS) is 18.7. The van der Waals surface area contributed by atoms with E-state index in [1.807, 2.05) is 18.2 Å². The zero-order chi connectivity index (χ0) is 35.6. The molecule has 49 heavy (non-hydrogen) atoms. The molecule has 2 aromatic rings. The van der Waals surface area contributed by atoms with Gasteiger partial charge in [0.25, 0.3) is 0 Å². The van der Waals surface area contributed by atoms with Gasteiger partial charge in [-0.05, 0) is 68.5 Å². The first kappa shape index (κ1) is 34.9. The monoisotopic (exact) mass is 681 g/mol. The number of fused-ring (bicyclic) bond motifs is 3. The SMILES string of the molecule is CC(=O)N(CC1OC(=O)N2c3ccc(-c4ccc(N5CCOC5=O)nc4)cc3C[C@@H]12)C(=O)OCOC(=O)[C@H](NC(=O)OC(C)(C)C)C(C)C. The number of amides is 5. The molecule has 1 aromatic heterocycles. The number of esters is 1. The van der Waals surface area contributed by atoms with E-state index < -0.39 is 66.8 Å². The number of nitrogens with one attached hydrogen (secondary N) is 1. The number of benzene rings is 1. The van der Waals surface area contributed by atoms with Gasteiger partial charge in [0.05, 0.1) is 24.8 Å². The van der Waals surface area contributed by atoms with Gasteiger partial charge < -0.3 is 29.0 Å². The lowest BCUT2D eigenvalue weighted by atomic mass is 10.0. The number of nitrogens with zero attached hydrogens (tertiary/aromatic N) is 4. The van der Waals surface area contributed by atoms with Gasteiger partial charge in [0, 0.05) is 18.7 Å². The van der Waals surface area contributed by atoms with Crippen molar-refractivity contribution in [3.05, 3.63) is 42.1 Å². The van der Waals surface area contributed by atoms with Crippen LogP contribution >= 0.6 is 0 Å². The zero-order valence-electron chi connectivity index (χ0n) is 28.1. The fourth-order valence-corrected chi connectivity index (χ4v) is 5.68. The van der Waals surface area contributed by atoms with Crippen molar-refractivity contribution in [3.63, 3.8) is 0 Å². The molecular formula is C33H39N5O11. The predicted octanol–water partition coefficient (Wildman–Crippen LogP) is 3.99. The number of aromatic nitrogens is 1. The molecule has 5 amide bonds. The van der Waals surface area contributed by atoms with Gasteiger partial charge in [0.1, 0.15) is 30.2 Å². The molecule has 4 heterocycles. The minimum absolute atomic E-state index is 0.297. The summed E-state index contributed by atoms with van der Waals surface area (Å²) in [5.74, 6) is -1.43. The van der Waals surface area contributed by atoms with Crippen LogP contribution in [-0.2, 0) is 39.7 Å². The highest BCUT2D eigenvalue weighted by atomic mass is 16.7. The summed E-state index contributed by atoms with van der Waals surface area (Å²) < 4.78 is 25.9. The van der Waals surface area contributed by atoms with Gasteiger partial charge in [-0.3, -0.25) is 14.6 Å². The molecule has 2 saturated heterocycles. The first-order valence-corrected chi connectivity index (χ1v) is 15.8. The highest BCUT2D eigenvalue weighted by molar-refractivity contribution is 5.95. The average Bonchev–Trinajstić information content (AvgIpc) is 3.71. The lowest BCUT2D eigenvalue weighted by Crippen LogP contribution is -2.48. The van der Waals surface area contributed by atoms with Crippen LogP contribution in [0.2, 0.25) is 0 Å². The molecule has 5 rings (SSSR count). The van der Waals surface area contributed by atoms with Crippen LogP contribution < -0.4 is 15.1 Å². The van der Waals surface area contributed by atoms with Gasteiger partial charge in [-0.2, -0.15) is 0 Å². The van der Waals surface area contributed by atoms with Gasteiger partial charge >= 0.3 is 30.3 Å². The Balaban J connectivity index is 1.19. The molecule has 0 aliphatic carbocycles. The Kier molecular flexibility index (Phi) is 9.96. The van der Waals surface area contributed by atoms with E-state index in [1.54, 1.807) is 52.9 Å². The van der Waals surface area contributed by atoms with Crippen molar-refractivity contribution in [2.45, 2.75) is 71.8 Å². The molecule has 3 atom stereocenters. The quantitative estimate of drug-likeness (QED) is 0.229. The van der Waals surface area contributed by atoms with E-state index >= 15 is 0 Å². The van der Waals surface area contributed by atoms with Gasteiger partial charge in [0.15, 0.2) is 0 Å². The molecular weight excluding hydrogens is 642 g/mol. The Labute approximate surface area is 282 Å². The third-order valence-corrected chi connectivity index (χ3v) is 8.04. The average molecular weight is 682 g/mol. The molecule has 0 saturated carbocycles. The number of carbonyl (C=O) groups is 6. The summed E-state index contributed by atoms with van der Waals surface area (Å²) >= 11 is 0. The molecule has 2 fully saturated rings. The molecule has 16 heteroatoms. The number of imide groups is 1. The largest absolute Gasteiger partial charge is 0.447 e. The number of rotatable bonds is 9. The summed E-state index contributed by atoms with van der Waals surface area (Å²) in [5, 5.41) is 2.45. The maximum atomic E-state index is 12.9. The molecule has 1 unspecified atom stereocenters. The third-order valence-electron chi connectivity index (χ3n) is 8.04. The minimum Gasteiger partial charge on any atom is -0.447 e.